The van der Waals surface area contributed by atoms with Gasteiger partial charge in [-0.05, 0) is 70.9 Å². The number of para-hydroxylation sites is 1. The van der Waals surface area contributed by atoms with Gasteiger partial charge in [0.25, 0.3) is 11.8 Å². The molecule has 154 valence electrons. The second-order valence-corrected chi connectivity index (χ2v) is 7.86. The van der Waals surface area contributed by atoms with E-state index >= 15 is 0 Å². The van der Waals surface area contributed by atoms with Gasteiger partial charge in [0.2, 0.25) is 0 Å². The Labute approximate surface area is 186 Å². The maximum atomic E-state index is 13.1. The Morgan fingerprint density at radius 3 is 2.80 bits per heavy atom. The van der Waals surface area contributed by atoms with Crippen molar-refractivity contribution in [2.75, 3.05) is 11.9 Å². The van der Waals surface area contributed by atoms with Crippen LogP contribution in [0.4, 0.5) is 5.69 Å². The Hall–Kier alpha value is -2.97. The zero-order valence-corrected chi connectivity index (χ0v) is 18.2. The van der Waals surface area contributed by atoms with Gasteiger partial charge in [-0.25, -0.2) is 5.01 Å². The highest BCUT2D eigenvalue weighted by atomic mass is 79.9. The molecule has 7 nitrogen and oxygen atoms in total. The van der Waals surface area contributed by atoms with Crippen molar-refractivity contribution in [1.82, 2.24) is 10.4 Å². The van der Waals surface area contributed by atoms with E-state index in [0.717, 1.165) is 5.56 Å². The van der Waals surface area contributed by atoms with Gasteiger partial charge in [-0.15, -0.1) is 0 Å². The van der Waals surface area contributed by atoms with E-state index in [1.165, 1.54) is 5.01 Å². The molecule has 1 aromatic heterocycles. The summed E-state index contributed by atoms with van der Waals surface area (Å²) in [5.74, 6) is 0.140. The molecule has 3 aromatic rings. The molecule has 1 aliphatic rings. The van der Waals surface area contributed by atoms with Gasteiger partial charge in [-0.2, -0.15) is 0 Å². The maximum absolute atomic E-state index is 13.1. The number of anilines is 1. The number of rotatable bonds is 5. The molecule has 0 saturated carbocycles. The zero-order chi connectivity index (χ0) is 21.3. The Kier molecular flexibility index (Phi) is 5.69. The fourth-order valence-electron chi connectivity index (χ4n) is 3.13. The van der Waals surface area contributed by atoms with Crippen LogP contribution in [0.15, 0.2) is 63.7 Å². The van der Waals surface area contributed by atoms with Crippen LogP contribution in [0.3, 0.4) is 0 Å². The number of aryl methyl sites for hydroxylation is 1. The number of amides is 2. The summed E-state index contributed by atoms with van der Waals surface area (Å²) < 4.78 is 11.7. The smallest absolute Gasteiger partial charge is 0.276 e. The topological polar surface area (TPSA) is 83.8 Å². The van der Waals surface area contributed by atoms with Gasteiger partial charge in [0.15, 0.2) is 17.4 Å². The number of nitrogens with zero attached hydrogens (tertiary/aromatic N) is 1. The van der Waals surface area contributed by atoms with E-state index in [4.69, 9.17) is 20.8 Å². The third-order valence-electron chi connectivity index (χ3n) is 4.53. The lowest BCUT2D eigenvalue weighted by Gasteiger charge is -2.36. The third kappa shape index (κ3) is 4.15. The molecule has 4 rings (SSSR count). The average Bonchev–Trinajstić information content (AvgIpc) is 3.15. The van der Waals surface area contributed by atoms with E-state index in [0.29, 0.717) is 32.5 Å². The van der Waals surface area contributed by atoms with E-state index in [1.54, 1.807) is 48.5 Å². The summed E-state index contributed by atoms with van der Waals surface area (Å²) in [6, 6.07) is 15.6. The van der Waals surface area contributed by atoms with Crippen LogP contribution in [0.2, 0.25) is 5.02 Å². The van der Waals surface area contributed by atoms with Crippen LogP contribution < -0.4 is 15.5 Å². The monoisotopic (exact) mass is 489 g/mol. The van der Waals surface area contributed by atoms with E-state index in [-0.39, 0.29) is 12.5 Å². The van der Waals surface area contributed by atoms with Crippen LogP contribution in [0.25, 0.3) is 0 Å². The number of hydrogen-bond donors (Lipinski definition) is 2. The first-order valence-corrected chi connectivity index (χ1v) is 10.2. The van der Waals surface area contributed by atoms with Crippen molar-refractivity contribution in [2.24, 2.45) is 0 Å². The number of carbonyl (C=O) groups is 2. The van der Waals surface area contributed by atoms with Crippen molar-refractivity contribution in [3.8, 4) is 5.75 Å². The van der Waals surface area contributed by atoms with Crippen molar-refractivity contribution >= 4 is 45.0 Å². The Morgan fingerprint density at radius 1 is 1.27 bits per heavy atom. The van der Waals surface area contributed by atoms with Crippen LogP contribution in [-0.2, 0) is 4.79 Å². The number of halogens is 2. The molecule has 30 heavy (non-hydrogen) atoms. The predicted octanol–water partition coefficient (Wildman–Crippen LogP) is 4.68. The standard InChI is InChI=1S/C21H17BrClN3O4/c1-12-10-13(23)6-7-16(12)29-11-19(27)25-26-20(17-8-9-18(22)30-17)24-15-5-3-2-4-14(15)21(26)28/h2-10,20,24H,11H2,1H3,(H,25,27). The number of carbonyl (C=O) groups excluding carboxylic acids is 2. The highest BCUT2D eigenvalue weighted by Gasteiger charge is 2.36. The van der Waals surface area contributed by atoms with Gasteiger partial charge in [-0.3, -0.25) is 15.0 Å². The van der Waals surface area contributed by atoms with E-state index in [2.05, 4.69) is 26.7 Å². The highest BCUT2D eigenvalue weighted by molar-refractivity contribution is 9.10. The van der Waals surface area contributed by atoms with Gasteiger partial charge in [0, 0.05) is 10.7 Å². The van der Waals surface area contributed by atoms with Crippen molar-refractivity contribution in [2.45, 2.75) is 13.1 Å². The van der Waals surface area contributed by atoms with Crippen molar-refractivity contribution < 1.29 is 18.7 Å². The van der Waals surface area contributed by atoms with Gasteiger partial charge < -0.3 is 14.5 Å². The van der Waals surface area contributed by atoms with Crippen LogP contribution >= 0.6 is 27.5 Å². The zero-order valence-electron chi connectivity index (χ0n) is 15.8. The summed E-state index contributed by atoms with van der Waals surface area (Å²) in [7, 11) is 0. The van der Waals surface area contributed by atoms with Crippen LogP contribution in [0, 0.1) is 6.92 Å². The fraction of sp³-hybridized carbons (Fsp3) is 0.143. The average molecular weight is 491 g/mol. The molecule has 0 bridgehead atoms. The molecule has 1 unspecified atom stereocenters. The predicted molar refractivity (Wildman–Crippen MR) is 115 cm³/mol. The molecule has 0 spiro atoms. The van der Waals surface area contributed by atoms with E-state index < -0.39 is 12.1 Å². The molecule has 1 atom stereocenters. The molecule has 2 aromatic carbocycles. The van der Waals surface area contributed by atoms with Crippen molar-refractivity contribution in [1.29, 1.82) is 0 Å². The number of fused-ring (bicyclic) bond motifs is 1. The van der Waals surface area contributed by atoms with Gasteiger partial charge in [-0.1, -0.05) is 23.7 Å². The first kappa shape index (κ1) is 20.3. The molecule has 0 saturated heterocycles. The lowest BCUT2D eigenvalue weighted by Crippen LogP contribution is -2.53. The Balaban J connectivity index is 1.53. The van der Waals surface area contributed by atoms with E-state index in [9.17, 15) is 9.59 Å². The molecule has 0 aliphatic carbocycles. The summed E-state index contributed by atoms with van der Waals surface area (Å²) in [5.41, 5.74) is 4.52. The van der Waals surface area contributed by atoms with Crippen LogP contribution in [-0.4, -0.2) is 23.4 Å². The Morgan fingerprint density at radius 2 is 2.07 bits per heavy atom. The molecule has 9 heteroatoms. The number of ether oxygens (including phenoxy) is 1. The first-order chi connectivity index (χ1) is 14.4. The molecule has 1 aliphatic heterocycles. The van der Waals surface area contributed by atoms with E-state index in [1.807, 2.05) is 13.0 Å². The Bertz CT molecular complexity index is 1120. The highest BCUT2D eigenvalue weighted by Crippen LogP contribution is 2.33. The summed E-state index contributed by atoms with van der Waals surface area (Å²) in [5, 5.41) is 5.01. The quantitative estimate of drug-likeness (QED) is 0.542. The number of nitrogens with one attached hydrogen (secondary N) is 2. The van der Waals surface area contributed by atoms with Crippen LogP contribution in [0.5, 0.6) is 5.75 Å². The minimum atomic E-state index is -0.722. The maximum Gasteiger partial charge on any atom is 0.276 e. The summed E-state index contributed by atoms with van der Waals surface area (Å²) >= 11 is 9.21. The third-order valence-corrected chi connectivity index (χ3v) is 5.19. The summed E-state index contributed by atoms with van der Waals surface area (Å²) in [6.45, 7) is 1.56. The summed E-state index contributed by atoms with van der Waals surface area (Å²) in [6.07, 6.45) is -0.722. The van der Waals surface area contributed by atoms with Gasteiger partial charge in [0.1, 0.15) is 11.5 Å². The molecular weight excluding hydrogens is 474 g/mol. The summed E-state index contributed by atoms with van der Waals surface area (Å²) in [4.78, 5) is 25.6. The lowest BCUT2D eigenvalue weighted by atomic mass is 10.1. The van der Waals surface area contributed by atoms with Crippen LogP contribution in [0.1, 0.15) is 27.8 Å². The largest absolute Gasteiger partial charge is 0.483 e. The van der Waals surface area contributed by atoms with Crippen molar-refractivity contribution in [3.63, 3.8) is 0 Å². The number of benzene rings is 2. The minimum absolute atomic E-state index is 0.275. The minimum Gasteiger partial charge on any atom is -0.483 e. The molecule has 2 N–H and O–H groups in total. The number of hydrogen-bond acceptors (Lipinski definition) is 5. The lowest BCUT2D eigenvalue weighted by molar-refractivity contribution is -0.127. The molecular formula is C21H17BrClN3O4. The van der Waals surface area contributed by atoms with Gasteiger partial charge in [0.05, 0.1) is 5.56 Å². The SMILES string of the molecule is Cc1cc(Cl)ccc1OCC(=O)NN1C(=O)c2ccccc2NC1c1ccc(Br)o1. The van der Waals surface area contributed by atoms with Gasteiger partial charge >= 0.3 is 0 Å². The normalized spacial score (nSPS) is 15.4. The molecule has 0 fully saturated rings. The first-order valence-electron chi connectivity index (χ1n) is 9.05. The second-order valence-electron chi connectivity index (χ2n) is 6.64. The van der Waals surface area contributed by atoms with Crippen molar-refractivity contribution in [3.05, 3.63) is 81.2 Å². The molecule has 2 heterocycles. The number of furan rings is 1. The number of hydrazine groups is 1. The fourth-order valence-corrected chi connectivity index (χ4v) is 3.67. The molecule has 2 amide bonds. The molecule has 0 radical (unpaired) electrons. The second kappa shape index (κ2) is 8.41.